The summed E-state index contributed by atoms with van der Waals surface area (Å²) in [4.78, 5) is 11.5. The molecule has 5 unspecified atom stereocenters. The first kappa shape index (κ1) is 38.4. The van der Waals surface area contributed by atoms with Gasteiger partial charge in [-0.3, -0.25) is 4.79 Å². The number of carbonyl (C=O) groups is 1. The van der Waals surface area contributed by atoms with Gasteiger partial charge in [0.2, 0.25) is 0 Å². The van der Waals surface area contributed by atoms with Gasteiger partial charge in [0.1, 0.15) is 5.75 Å². The largest absolute Gasteiger partial charge is 0.508 e. The number of carboxylic acid groups (broad SMARTS) is 1. The van der Waals surface area contributed by atoms with E-state index in [1.807, 2.05) is 12.1 Å². The average molecular weight is 701 g/mol. The molecule has 0 bridgehead atoms. The van der Waals surface area contributed by atoms with E-state index in [-0.39, 0.29) is 24.0 Å². The quantitative estimate of drug-likeness (QED) is 0.0967. The molecule has 1 aromatic carbocycles. The van der Waals surface area contributed by atoms with Crippen LogP contribution in [0.25, 0.3) is 0 Å². The van der Waals surface area contributed by atoms with Crippen molar-refractivity contribution in [2.24, 2.45) is 29.1 Å². The summed E-state index contributed by atoms with van der Waals surface area (Å²) >= 11 is 0. The van der Waals surface area contributed by atoms with E-state index in [1.165, 1.54) is 5.56 Å². The number of phenolic OH excluding ortho intramolecular Hbond substituents is 1. The number of unbranched alkanes of at least 4 members (excludes halogenated alkanes) is 5. The van der Waals surface area contributed by atoms with Gasteiger partial charge in [-0.05, 0) is 103 Å². The maximum Gasteiger partial charge on any atom is 0.460 e. The zero-order valence-electron chi connectivity index (χ0n) is 27.0. The summed E-state index contributed by atoms with van der Waals surface area (Å²) in [5.74, 6) is -21.1. The maximum absolute atomic E-state index is 13.9. The molecule has 1 aromatic rings. The van der Waals surface area contributed by atoms with Crippen molar-refractivity contribution in [1.82, 2.24) is 0 Å². The van der Waals surface area contributed by atoms with Crippen LogP contribution in [0.5, 0.6) is 5.75 Å². The van der Waals surface area contributed by atoms with Gasteiger partial charge in [-0.2, -0.15) is 39.5 Å². The van der Waals surface area contributed by atoms with Crippen molar-refractivity contribution < 1.29 is 59.6 Å². The Labute approximate surface area is 274 Å². The number of halogens is 9. The summed E-state index contributed by atoms with van der Waals surface area (Å²) in [6.45, 7) is 6.47. The van der Waals surface area contributed by atoms with Crippen molar-refractivity contribution in [2.75, 3.05) is 0 Å². The first-order valence-electron chi connectivity index (χ1n) is 16.8. The number of carboxylic acids is 1. The predicted molar refractivity (Wildman–Crippen MR) is 160 cm³/mol. The SMILES string of the molecule is C=C1[C@H](O)CC2C3C(CCCCCCCCC(CCC(F)(F)C(F)(F)C(F)(F)C(F)(F)F)C(=O)O)Cc4cc(O)ccc4C3CC[C@]12C. The van der Waals surface area contributed by atoms with Crippen LogP contribution in [-0.4, -0.2) is 51.3 Å². The highest BCUT2D eigenvalue weighted by atomic mass is 19.4. The second-order valence-corrected chi connectivity index (χ2v) is 14.5. The number of rotatable bonds is 15. The number of aliphatic carboxylic acids is 1. The lowest BCUT2D eigenvalue weighted by atomic mass is 9.52. The molecule has 0 aliphatic heterocycles. The normalized spacial score (nSPS) is 28.5. The van der Waals surface area contributed by atoms with Crippen molar-refractivity contribution in [3.8, 4) is 5.75 Å². The average Bonchev–Trinajstić information content (AvgIpc) is 3.22. The maximum atomic E-state index is 13.9. The van der Waals surface area contributed by atoms with Crippen molar-refractivity contribution in [2.45, 2.75) is 133 Å². The van der Waals surface area contributed by atoms with E-state index in [2.05, 4.69) is 13.5 Å². The van der Waals surface area contributed by atoms with Crippen LogP contribution in [0.2, 0.25) is 0 Å². The Morgan fingerprint density at radius 1 is 0.958 bits per heavy atom. The van der Waals surface area contributed by atoms with Gasteiger partial charge in [0, 0.05) is 6.42 Å². The van der Waals surface area contributed by atoms with Crippen LogP contribution in [0.4, 0.5) is 39.5 Å². The second kappa shape index (κ2) is 14.1. The Morgan fingerprint density at radius 2 is 1.58 bits per heavy atom. The lowest BCUT2D eigenvalue weighted by molar-refractivity contribution is -0.396. The third-order valence-corrected chi connectivity index (χ3v) is 11.6. The molecule has 0 saturated heterocycles. The van der Waals surface area contributed by atoms with Crippen LogP contribution in [0, 0.1) is 29.1 Å². The molecule has 4 rings (SSSR count). The fourth-order valence-electron chi connectivity index (χ4n) is 8.80. The molecule has 2 saturated carbocycles. The van der Waals surface area contributed by atoms with Crippen LogP contribution < -0.4 is 0 Å². The summed E-state index contributed by atoms with van der Waals surface area (Å²) in [6.07, 6.45) is -2.56. The highest BCUT2D eigenvalue weighted by molar-refractivity contribution is 5.69. The van der Waals surface area contributed by atoms with E-state index < -0.39 is 54.8 Å². The Morgan fingerprint density at radius 3 is 2.21 bits per heavy atom. The minimum Gasteiger partial charge on any atom is -0.508 e. The van der Waals surface area contributed by atoms with Gasteiger partial charge >= 0.3 is 29.9 Å². The number of aliphatic hydroxyl groups is 1. The highest BCUT2D eigenvalue weighted by Crippen LogP contribution is 2.64. The first-order valence-corrected chi connectivity index (χ1v) is 16.8. The van der Waals surface area contributed by atoms with E-state index >= 15 is 0 Å². The van der Waals surface area contributed by atoms with Gasteiger partial charge in [-0.25, -0.2) is 0 Å². The number of aliphatic hydroxyl groups excluding tert-OH is 1. The van der Waals surface area contributed by atoms with E-state index in [9.17, 15) is 59.6 Å². The van der Waals surface area contributed by atoms with Crippen molar-refractivity contribution >= 4 is 5.97 Å². The predicted octanol–water partition coefficient (Wildman–Crippen LogP) is 10.1. The Hall–Kier alpha value is -2.44. The molecular formula is C35H45F9O4. The van der Waals surface area contributed by atoms with Crippen LogP contribution in [-0.2, 0) is 11.2 Å². The fourth-order valence-corrected chi connectivity index (χ4v) is 8.80. The van der Waals surface area contributed by atoms with Gasteiger partial charge in [0.05, 0.1) is 12.0 Å². The van der Waals surface area contributed by atoms with Crippen molar-refractivity contribution in [3.63, 3.8) is 0 Å². The summed E-state index contributed by atoms with van der Waals surface area (Å²) in [7, 11) is 0. The minimum atomic E-state index is -6.99. The van der Waals surface area contributed by atoms with Gasteiger partial charge in [0.25, 0.3) is 0 Å². The highest BCUT2D eigenvalue weighted by Gasteiger charge is 2.81. The Bertz CT molecular complexity index is 1310. The molecule has 3 N–H and O–H groups in total. The monoisotopic (exact) mass is 700 g/mol. The van der Waals surface area contributed by atoms with Gasteiger partial charge in [0.15, 0.2) is 0 Å². The zero-order valence-corrected chi connectivity index (χ0v) is 27.0. The molecule has 48 heavy (non-hydrogen) atoms. The number of benzene rings is 1. The van der Waals surface area contributed by atoms with Crippen molar-refractivity contribution in [1.29, 1.82) is 0 Å². The van der Waals surface area contributed by atoms with Crippen molar-refractivity contribution in [3.05, 3.63) is 41.5 Å². The van der Waals surface area contributed by atoms with E-state index in [4.69, 9.17) is 0 Å². The van der Waals surface area contributed by atoms with Gasteiger partial charge in [-0.15, -0.1) is 0 Å². The number of hydrogen-bond acceptors (Lipinski definition) is 3. The number of aromatic hydroxyl groups is 1. The molecule has 0 amide bonds. The van der Waals surface area contributed by atoms with Crippen LogP contribution >= 0.6 is 0 Å². The summed E-state index contributed by atoms with van der Waals surface area (Å²) in [5, 5.41) is 30.2. The summed E-state index contributed by atoms with van der Waals surface area (Å²) in [5.41, 5.74) is 3.23. The third kappa shape index (κ3) is 7.22. The number of alkyl halides is 9. The standard InChI is InChI=1S/C35H45F9O4/c1-20-28(46)19-27-29-22(17-23-18-24(45)11-12-25(23)26(29)14-15-31(20,27)2)10-8-6-4-3-5-7-9-21(30(47)48)13-16-32(36,37)33(38,39)34(40,41)35(42,43)44/h11-12,18,21-22,26-29,45-46H,1,3-10,13-17,19H2,2H3,(H,47,48)/t21?,22?,26?,27?,28-,29?,31-/m1/s1. The molecule has 0 heterocycles. The summed E-state index contributed by atoms with van der Waals surface area (Å²) in [6, 6.07) is 5.62. The smallest absolute Gasteiger partial charge is 0.460 e. The molecule has 0 aromatic heterocycles. The van der Waals surface area contributed by atoms with E-state index in [1.54, 1.807) is 6.07 Å². The summed E-state index contributed by atoms with van der Waals surface area (Å²) < 4.78 is 118. The van der Waals surface area contributed by atoms with Crippen LogP contribution in [0.3, 0.4) is 0 Å². The van der Waals surface area contributed by atoms with Gasteiger partial charge in [-0.1, -0.05) is 58.1 Å². The van der Waals surface area contributed by atoms with Crippen LogP contribution in [0.15, 0.2) is 30.4 Å². The second-order valence-electron chi connectivity index (χ2n) is 14.5. The van der Waals surface area contributed by atoms with Crippen LogP contribution in [0.1, 0.15) is 107 Å². The molecule has 272 valence electrons. The molecule has 7 atom stereocenters. The third-order valence-electron chi connectivity index (χ3n) is 11.6. The lowest BCUT2D eigenvalue weighted by Crippen LogP contribution is -2.60. The first-order chi connectivity index (χ1) is 22.2. The molecule has 2 fully saturated rings. The molecule has 0 spiro atoms. The molecule has 3 aliphatic rings. The molecule has 3 aliphatic carbocycles. The lowest BCUT2D eigenvalue weighted by Gasteiger charge is -2.52. The number of hydrogen-bond donors (Lipinski definition) is 3. The minimum absolute atomic E-state index is 0.119. The van der Waals surface area contributed by atoms with Gasteiger partial charge < -0.3 is 15.3 Å². The number of fused-ring (bicyclic) bond motifs is 5. The molecule has 4 nitrogen and oxygen atoms in total. The molecular weight excluding hydrogens is 655 g/mol. The fraction of sp³-hybridized carbons (Fsp3) is 0.743. The molecule has 13 heteroatoms. The Balaban J connectivity index is 1.25. The zero-order chi connectivity index (χ0) is 35.9. The van der Waals surface area contributed by atoms with E-state index in [0.29, 0.717) is 42.9 Å². The number of phenols is 1. The molecule has 0 radical (unpaired) electrons. The Kier molecular flexibility index (Phi) is 11.2. The van der Waals surface area contributed by atoms with E-state index in [0.717, 1.165) is 56.1 Å². The topological polar surface area (TPSA) is 77.8 Å².